The van der Waals surface area contributed by atoms with E-state index in [4.69, 9.17) is 11.6 Å². The van der Waals surface area contributed by atoms with E-state index < -0.39 is 0 Å². The number of halogens is 1. The summed E-state index contributed by atoms with van der Waals surface area (Å²) < 4.78 is 0. The van der Waals surface area contributed by atoms with Crippen LogP contribution in [0.25, 0.3) is 22.4 Å². The van der Waals surface area contributed by atoms with E-state index in [9.17, 15) is 4.79 Å². The quantitative estimate of drug-likeness (QED) is 0.402. The highest BCUT2D eigenvalue weighted by Crippen LogP contribution is 2.28. The Hall–Kier alpha value is -2.33. The molecule has 0 spiro atoms. The van der Waals surface area contributed by atoms with E-state index in [0.29, 0.717) is 6.42 Å². The highest BCUT2D eigenvalue weighted by atomic mass is 35.5. The number of benzene rings is 2. The lowest BCUT2D eigenvalue weighted by Crippen LogP contribution is -2.19. The van der Waals surface area contributed by atoms with Gasteiger partial charge in [-0.3, -0.25) is 4.79 Å². The van der Waals surface area contributed by atoms with E-state index in [1.165, 1.54) is 37.7 Å². The third-order valence-corrected chi connectivity index (χ3v) is 5.10. The number of carbonyl (C=O) groups is 1. The van der Waals surface area contributed by atoms with E-state index >= 15 is 0 Å². The van der Waals surface area contributed by atoms with Gasteiger partial charge in [-0.1, -0.05) is 102 Å². The van der Waals surface area contributed by atoms with Crippen molar-refractivity contribution >= 4 is 28.5 Å². The van der Waals surface area contributed by atoms with Crippen LogP contribution in [-0.2, 0) is 4.79 Å². The van der Waals surface area contributed by atoms with Crippen molar-refractivity contribution < 1.29 is 4.79 Å². The largest absolute Gasteiger partial charge is 0.349 e. The van der Waals surface area contributed by atoms with Gasteiger partial charge in [-0.25, -0.2) is 4.98 Å². The Morgan fingerprint density at radius 2 is 1.55 bits per heavy atom. The second-order valence-electron chi connectivity index (χ2n) is 8.08. The van der Waals surface area contributed by atoms with Gasteiger partial charge in [-0.2, -0.15) is 0 Å². The van der Waals surface area contributed by atoms with Crippen LogP contribution in [0.1, 0.15) is 78.7 Å². The monoisotopic (exact) mass is 473 g/mol. The normalized spacial score (nSPS) is 9.61. The molecule has 1 N–H and O–H groups in total. The summed E-state index contributed by atoms with van der Waals surface area (Å²) in [5, 5.41) is 0.717. The Labute approximate surface area is 206 Å². The summed E-state index contributed by atoms with van der Waals surface area (Å²) in [7, 11) is 3.51. The number of H-pyrrole nitrogens is 1. The lowest BCUT2D eigenvalue weighted by atomic mass is 10.1. The van der Waals surface area contributed by atoms with Crippen molar-refractivity contribution in [3.8, 4) is 11.4 Å². The third kappa shape index (κ3) is 12.5. The number of nitrogens with one attached hydrogen (secondary N) is 1. The maximum absolute atomic E-state index is 10.4. The Balaban J connectivity index is 0.000000533. The van der Waals surface area contributed by atoms with Gasteiger partial charge in [0, 0.05) is 26.1 Å². The molecule has 1 heterocycles. The molecular formula is C28H44ClN3O. The van der Waals surface area contributed by atoms with Crippen molar-refractivity contribution in [2.24, 2.45) is 0 Å². The van der Waals surface area contributed by atoms with E-state index in [-0.39, 0.29) is 5.91 Å². The van der Waals surface area contributed by atoms with Crippen LogP contribution < -0.4 is 0 Å². The van der Waals surface area contributed by atoms with E-state index in [2.05, 4.69) is 37.7 Å². The van der Waals surface area contributed by atoms with Gasteiger partial charge in [0.15, 0.2) is 0 Å². The predicted octanol–water partition coefficient (Wildman–Crippen LogP) is 8.68. The molecule has 0 atom stereocenters. The Bertz CT molecular complexity index is 881. The Morgan fingerprint density at radius 3 is 1.97 bits per heavy atom. The number of aryl methyl sites for hydroxylation is 1. The molecule has 0 unspecified atom stereocenters. The van der Waals surface area contributed by atoms with Gasteiger partial charge in [0.25, 0.3) is 0 Å². The molecule has 0 saturated carbocycles. The van der Waals surface area contributed by atoms with E-state index in [1.807, 2.05) is 56.3 Å². The van der Waals surface area contributed by atoms with Crippen LogP contribution in [0.4, 0.5) is 0 Å². The van der Waals surface area contributed by atoms with Crippen molar-refractivity contribution in [3.63, 3.8) is 0 Å². The summed E-state index contributed by atoms with van der Waals surface area (Å²) in [6, 6.07) is 13.9. The molecule has 184 valence electrons. The minimum atomic E-state index is 0.181. The number of hydrogen-bond donors (Lipinski definition) is 1. The van der Waals surface area contributed by atoms with Crippen molar-refractivity contribution in [1.29, 1.82) is 0 Å². The molecule has 33 heavy (non-hydrogen) atoms. The first kappa shape index (κ1) is 30.7. The topological polar surface area (TPSA) is 49.0 Å². The van der Waals surface area contributed by atoms with Gasteiger partial charge in [-0.15, -0.1) is 0 Å². The molecule has 3 rings (SSSR count). The molecular weight excluding hydrogens is 430 g/mol. The van der Waals surface area contributed by atoms with Crippen LogP contribution in [0.3, 0.4) is 0 Å². The molecule has 0 aliphatic heterocycles. The number of imidazole rings is 1. The number of nitrogens with zero attached hydrogens (tertiary/aromatic N) is 2. The maximum atomic E-state index is 10.4. The highest BCUT2D eigenvalue weighted by molar-refractivity contribution is 6.33. The van der Waals surface area contributed by atoms with Gasteiger partial charge < -0.3 is 9.88 Å². The van der Waals surface area contributed by atoms with Gasteiger partial charge >= 0.3 is 0 Å². The summed E-state index contributed by atoms with van der Waals surface area (Å²) >= 11 is 6.20. The first-order valence-corrected chi connectivity index (χ1v) is 12.5. The standard InChI is InChI=1S/C14H11ClN2.C5H11NO.C5H12.C4H10/c1-9-6-7-11(15)10(8-9)14-16-12-4-2-3-5-13(12)17-14;1-4-5(7)6(2)3;1-3-5-4-2;1-3-4-2/h2-8H,1H3,(H,16,17);4H2,1-3H3;3-5H2,1-2H3;3-4H2,1-2H3. The summed E-state index contributed by atoms with van der Waals surface area (Å²) in [6.45, 7) is 12.7. The first-order chi connectivity index (χ1) is 15.7. The Kier molecular flexibility index (Phi) is 16.9. The number of unbranched alkanes of at least 4 members (excludes halogenated alkanes) is 3. The fourth-order valence-electron chi connectivity index (χ4n) is 2.57. The van der Waals surface area contributed by atoms with Crippen LogP contribution in [0.15, 0.2) is 42.5 Å². The summed E-state index contributed by atoms with van der Waals surface area (Å²) in [4.78, 5) is 19.9. The van der Waals surface area contributed by atoms with Gasteiger partial charge in [-0.05, 0) is 31.2 Å². The summed E-state index contributed by atoms with van der Waals surface area (Å²) in [5.41, 5.74) is 4.10. The maximum Gasteiger partial charge on any atom is 0.221 e. The number of aromatic nitrogens is 2. The SMILES string of the molecule is CCC(=O)N(C)C.CCCC.CCCCC.Cc1ccc(Cl)c(-c2nc3ccccc3[nH]2)c1. The number of amides is 1. The predicted molar refractivity (Wildman–Crippen MR) is 146 cm³/mol. The molecule has 0 bridgehead atoms. The number of carbonyl (C=O) groups excluding carboxylic acids is 1. The van der Waals surface area contributed by atoms with Crippen LogP contribution in [0.5, 0.6) is 0 Å². The van der Waals surface area contributed by atoms with Gasteiger partial charge in [0.2, 0.25) is 5.91 Å². The first-order valence-electron chi connectivity index (χ1n) is 12.2. The van der Waals surface area contributed by atoms with E-state index in [0.717, 1.165) is 27.4 Å². The smallest absolute Gasteiger partial charge is 0.221 e. The highest BCUT2D eigenvalue weighted by Gasteiger charge is 2.08. The summed E-state index contributed by atoms with van der Waals surface area (Å²) in [5.74, 6) is 1.000. The van der Waals surface area contributed by atoms with Crippen molar-refractivity contribution in [3.05, 3.63) is 53.1 Å². The molecule has 1 aromatic heterocycles. The lowest BCUT2D eigenvalue weighted by molar-refractivity contribution is -0.128. The van der Waals surface area contributed by atoms with E-state index in [1.54, 1.807) is 19.0 Å². The average Bonchev–Trinajstić information content (AvgIpc) is 3.25. The van der Waals surface area contributed by atoms with Crippen molar-refractivity contribution in [1.82, 2.24) is 14.9 Å². The van der Waals surface area contributed by atoms with Crippen LogP contribution in [0, 0.1) is 6.92 Å². The van der Waals surface area contributed by atoms with Crippen LogP contribution in [0.2, 0.25) is 5.02 Å². The van der Waals surface area contributed by atoms with Gasteiger partial charge in [0.1, 0.15) is 5.82 Å². The molecule has 0 fully saturated rings. The lowest BCUT2D eigenvalue weighted by Gasteiger charge is -2.05. The number of para-hydroxylation sites is 2. The van der Waals surface area contributed by atoms with Crippen LogP contribution >= 0.6 is 11.6 Å². The molecule has 3 aromatic rings. The fourth-order valence-corrected chi connectivity index (χ4v) is 2.78. The fraction of sp³-hybridized carbons (Fsp3) is 0.500. The second-order valence-corrected chi connectivity index (χ2v) is 8.49. The molecule has 0 radical (unpaired) electrons. The minimum Gasteiger partial charge on any atom is -0.349 e. The van der Waals surface area contributed by atoms with Crippen molar-refractivity contribution in [2.75, 3.05) is 14.1 Å². The molecule has 5 heteroatoms. The molecule has 0 aliphatic rings. The minimum absolute atomic E-state index is 0.181. The number of hydrogen-bond acceptors (Lipinski definition) is 2. The number of aromatic amines is 1. The van der Waals surface area contributed by atoms with Crippen molar-refractivity contribution in [2.45, 2.75) is 80.1 Å². The zero-order valence-corrected chi connectivity index (χ0v) is 22.7. The molecule has 0 saturated heterocycles. The zero-order valence-electron chi connectivity index (χ0n) is 22.0. The average molecular weight is 474 g/mol. The zero-order chi connectivity index (χ0) is 25.2. The number of rotatable bonds is 5. The molecule has 4 nitrogen and oxygen atoms in total. The summed E-state index contributed by atoms with van der Waals surface area (Å²) in [6.07, 6.45) is 7.32. The van der Waals surface area contributed by atoms with Gasteiger partial charge in [0.05, 0.1) is 16.1 Å². The third-order valence-electron chi connectivity index (χ3n) is 4.77. The Morgan fingerprint density at radius 1 is 0.939 bits per heavy atom. The second kappa shape index (κ2) is 18.1. The molecule has 0 aliphatic carbocycles. The molecule has 2 aromatic carbocycles. The number of fused-ring (bicyclic) bond motifs is 1. The molecule has 1 amide bonds. The van der Waals surface area contributed by atoms with Crippen LogP contribution in [-0.4, -0.2) is 34.9 Å².